The molecule has 0 N–H and O–H groups in total. The van der Waals surface area contributed by atoms with Crippen LogP contribution < -0.4 is 18.9 Å². The van der Waals surface area contributed by atoms with Crippen molar-refractivity contribution in [2.75, 3.05) is 0 Å². The summed E-state index contributed by atoms with van der Waals surface area (Å²) in [6, 6.07) is 2.56. The fraction of sp³-hybridized carbons (Fsp3) is 0.474. The number of benzene rings is 1. The maximum Gasteiger partial charge on any atom is 0.314 e. The fourth-order valence-electron chi connectivity index (χ4n) is 2.46. The Labute approximate surface area is 154 Å². The molecule has 3 fully saturated rings. The van der Waals surface area contributed by atoms with Gasteiger partial charge in [0.25, 0.3) is 6.47 Å². The molecule has 0 amide bonds. The Morgan fingerprint density at radius 3 is 1.74 bits per heavy atom. The van der Waals surface area contributed by atoms with Crippen LogP contribution in [0.4, 0.5) is 0 Å². The van der Waals surface area contributed by atoms with Crippen molar-refractivity contribution < 1.29 is 38.1 Å². The summed E-state index contributed by atoms with van der Waals surface area (Å²) in [6.45, 7) is 0.156. The number of ether oxygens (including phenoxy) is 4. The van der Waals surface area contributed by atoms with Crippen LogP contribution in [0.1, 0.15) is 38.5 Å². The van der Waals surface area contributed by atoms with Crippen molar-refractivity contribution in [3.05, 3.63) is 12.1 Å². The van der Waals surface area contributed by atoms with Gasteiger partial charge in [0.05, 0.1) is 17.8 Å². The van der Waals surface area contributed by atoms with Crippen LogP contribution in [0, 0.1) is 17.8 Å². The van der Waals surface area contributed by atoms with Gasteiger partial charge in [-0.15, -0.1) is 0 Å². The summed E-state index contributed by atoms with van der Waals surface area (Å²) < 4.78 is 20.9. The molecule has 142 valence electrons. The standard InChI is InChI=1S/C19H18O8/c20-9-24-14-7-13(25-17(21)10-1-2-10)8-15(26-18(22)11-3-4-11)16(14)27-19(23)12-5-6-12/h7-12H,1-6H2. The molecule has 0 unspecified atom stereocenters. The fourth-order valence-corrected chi connectivity index (χ4v) is 2.46. The summed E-state index contributed by atoms with van der Waals surface area (Å²) in [7, 11) is 0. The normalized spacial score (nSPS) is 18.4. The number of carbonyl (C=O) groups is 4. The van der Waals surface area contributed by atoms with Gasteiger partial charge in [-0.25, -0.2) is 0 Å². The highest BCUT2D eigenvalue weighted by Gasteiger charge is 2.36. The van der Waals surface area contributed by atoms with Crippen LogP contribution in [0.15, 0.2) is 12.1 Å². The van der Waals surface area contributed by atoms with Gasteiger partial charge in [0.15, 0.2) is 11.5 Å². The summed E-state index contributed by atoms with van der Waals surface area (Å²) in [5.41, 5.74) is 0. The van der Waals surface area contributed by atoms with Gasteiger partial charge < -0.3 is 18.9 Å². The summed E-state index contributed by atoms with van der Waals surface area (Å²) in [6.07, 6.45) is 4.41. The third kappa shape index (κ3) is 4.27. The highest BCUT2D eigenvalue weighted by Crippen LogP contribution is 2.45. The van der Waals surface area contributed by atoms with Gasteiger partial charge in [-0.3, -0.25) is 19.2 Å². The molecular weight excluding hydrogens is 356 g/mol. The topological polar surface area (TPSA) is 105 Å². The molecule has 3 aliphatic carbocycles. The molecule has 1 aromatic carbocycles. The van der Waals surface area contributed by atoms with E-state index in [0.717, 1.165) is 38.5 Å². The van der Waals surface area contributed by atoms with Crippen molar-refractivity contribution in [1.29, 1.82) is 0 Å². The van der Waals surface area contributed by atoms with Crippen LogP contribution in [0.25, 0.3) is 0 Å². The lowest BCUT2D eigenvalue weighted by molar-refractivity contribution is -0.138. The Morgan fingerprint density at radius 2 is 1.22 bits per heavy atom. The van der Waals surface area contributed by atoms with E-state index in [1.54, 1.807) is 0 Å². The van der Waals surface area contributed by atoms with Crippen molar-refractivity contribution in [3.63, 3.8) is 0 Å². The van der Waals surface area contributed by atoms with Gasteiger partial charge in [0.1, 0.15) is 5.75 Å². The monoisotopic (exact) mass is 374 g/mol. The molecule has 3 aliphatic rings. The van der Waals surface area contributed by atoms with Crippen LogP contribution in [0.2, 0.25) is 0 Å². The Kier molecular flexibility index (Phi) is 4.55. The second kappa shape index (κ2) is 7.02. The number of hydrogen-bond donors (Lipinski definition) is 0. The van der Waals surface area contributed by atoms with Crippen LogP contribution in [-0.2, 0) is 19.2 Å². The van der Waals surface area contributed by atoms with Gasteiger partial charge in [0.2, 0.25) is 5.75 Å². The first-order chi connectivity index (χ1) is 13.0. The van der Waals surface area contributed by atoms with E-state index in [-0.39, 0.29) is 47.2 Å². The minimum Gasteiger partial charge on any atom is -0.426 e. The van der Waals surface area contributed by atoms with E-state index in [1.165, 1.54) is 12.1 Å². The number of rotatable bonds is 8. The zero-order chi connectivity index (χ0) is 19.0. The zero-order valence-corrected chi connectivity index (χ0v) is 14.5. The van der Waals surface area contributed by atoms with E-state index in [1.807, 2.05) is 0 Å². The molecule has 27 heavy (non-hydrogen) atoms. The number of carbonyl (C=O) groups excluding carboxylic acids is 4. The lowest BCUT2D eigenvalue weighted by Gasteiger charge is -2.15. The highest BCUT2D eigenvalue weighted by atomic mass is 16.6. The first kappa shape index (κ1) is 17.5. The Balaban J connectivity index is 1.65. The second-order valence-corrected chi connectivity index (χ2v) is 7.05. The average Bonchev–Trinajstić information content (AvgIpc) is 3.51. The molecule has 8 heteroatoms. The molecular formula is C19H18O8. The molecule has 0 aromatic heterocycles. The summed E-state index contributed by atoms with van der Waals surface area (Å²) in [5, 5.41) is 0. The number of hydrogen-bond acceptors (Lipinski definition) is 8. The Bertz CT molecular complexity index is 802. The molecule has 0 atom stereocenters. The lowest BCUT2D eigenvalue weighted by Crippen LogP contribution is -2.16. The lowest BCUT2D eigenvalue weighted by atomic mass is 10.2. The first-order valence-electron chi connectivity index (χ1n) is 8.98. The molecule has 0 spiro atoms. The van der Waals surface area contributed by atoms with Gasteiger partial charge in [0, 0.05) is 12.1 Å². The van der Waals surface area contributed by atoms with Gasteiger partial charge in [-0.05, 0) is 38.5 Å². The molecule has 0 bridgehead atoms. The van der Waals surface area contributed by atoms with Crippen LogP contribution in [0.3, 0.4) is 0 Å². The van der Waals surface area contributed by atoms with Crippen molar-refractivity contribution >= 4 is 24.4 Å². The van der Waals surface area contributed by atoms with E-state index >= 15 is 0 Å². The quantitative estimate of drug-likeness (QED) is 0.387. The predicted molar refractivity (Wildman–Crippen MR) is 88.2 cm³/mol. The highest BCUT2D eigenvalue weighted by molar-refractivity contribution is 5.83. The van der Waals surface area contributed by atoms with Crippen molar-refractivity contribution in [1.82, 2.24) is 0 Å². The molecule has 0 radical (unpaired) electrons. The van der Waals surface area contributed by atoms with Gasteiger partial charge >= 0.3 is 17.9 Å². The maximum atomic E-state index is 12.1. The summed E-state index contributed by atoms with van der Waals surface area (Å²) in [5.74, 6) is -2.32. The van der Waals surface area contributed by atoms with Gasteiger partial charge in [-0.2, -0.15) is 0 Å². The van der Waals surface area contributed by atoms with E-state index in [9.17, 15) is 19.2 Å². The molecule has 0 aliphatic heterocycles. The molecule has 8 nitrogen and oxygen atoms in total. The molecule has 0 saturated heterocycles. The molecule has 0 heterocycles. The number of esters is 3. The van der Waals surface area contributed by atoms with Crippen molar-refractivity contribution in [3.8, 4) is 23.0 Å². The van der Waals surface area contributed by atoms with E-state index in [0.29, 0.717) is 0 Å². The van der Waals surface area contributed by atoms with Crippen LogP contribution in [-0.4, -0.2) is 24.4 Å². The Morgan fingerprint density at radius 1 is 0.741 bits per heavy atom. The zero-order valence-electron chi connectivity index (χ0n) is 14.5. The Hall–Kier alpha value is -2.90. The van der Waals surface area contributed by atoms with Crippen LogP contribution >= 0.6 is 0 Å². The van der Waals surface area contributed by atoms with Gasteiger partial charge in [-0.1, -0.05) is 0 Å². The molecule has 4 rings (SSSR count). The third-order valence-electron chi connectivity index (χ3n) is 4.53. The largest absolute Gasteiger partial charge is 0.426 e. The van der Waals surface area contributed by atoms with Crippen molar-refractivity contribution in [2.45, 2.75) is 38.5 Å². The third-order valence-corrected chi connectivity index (χ3v) is 4.53. The summed E-state index contributed by atoms with van der Waals surface area (Å²) >= 11 is 0. The second-order valence-electron chi connectivity index (χ2n) is 7.05. The van der Waals surface area contributed by atoms with Crippen molar-refractivity contribution in [2.24, 2.45) is 17.8 Å². The minimum atomic E-state index is -0.489. The minimum absolute atomic E-state index is 0.0496. The smallest absolute Gasteiger partial charge is 0.314 e. The average molecular weight is 374 g/mol. The predicted octanol–water partition coefficient (Wildman–Crippen LogP) is 2.17. The van der Waals surface area contributed by atoms with E-state index in [2.05, 4.69) is 0 Å². The first-order valence-corrected chi connectivity index (χ1v) is 8.98. The molecule has 3 saturated carbocycles. The van der Waals surface area contributed by atoms with E-state index < -0.39 is 17.9 Å². The summed E-state index contributed by atoms with van der Waals surface area (Å²) in [4.78, 5) is 47.0. The van der Waals surface area contributed by atoms with Crippen LogP contribution in [0.5, 0.6) is 23.0 Å². The van der Waals surface area contributed by atoms with E-state index in [4.69, 9.17) is 18.9 Å². The SMILES string of the molecule is O=COc1cc(OC(=O)C2CC2)cc(OC(=O)C2CC2)c1OC(=O)C1CC1. The molecule has 1 aromatic rings. The maximum absolute atomic E-state index is 12.1.